The first-order chi connectivity index (χ1) is 20.0. The van der Waals surface area contributed by atoms with Gasteiger partial charge in [-0.3, -0.25) is 4.79 Å². The predicted octanol–water partition coefficient (Wildman–Crippen LogP) is 6.49. The van der Waals surface area contributed by atoms with Gasteiger partial charge in [-0.2, -0.15) is 4.98 Å². The van der Waals surface area contributed by atoms with E-state index in [0.29, 0.717) is 42.3 Å². The van der Waals surface area contributed by atoms with E-state index in [-0.39, 0.29) is 30.0 Å². The van der Waals surface area contributed by atoms with Crippen LogP contribution < -0.4 is 9.47 Å². The Morgan fingerprint density at radius 1 is 1.14 bits per heavy atom. The summed E-state index contributed by atoms with van der Waals surface area (Å²) in [5.41, 5.74) is 6.01. The number of benzene rings is 3. The van der Waals surface area contributed by atoms with Crippen molar-refractivity contribution in [2.75, 3.05) is 13.7 Å². The van der Waals surface area contributed by atoms with Crippen molar-refractivity contribution in [3.63, 3.8) is 0 Å². The third-order valence-electron chi connectivity index (χ3n) is 8.08. The predicted molar refractivity (Wildman–Crippen MR) is 153 cm³/mol. The third kappa shape index (κ3) is 5.02. The molecular weight excluding hydrogens is 539 g/mol. The van der Waals surface area contributed by atoms with Crippen molar-refractivity contribution in [2.24, 2.45) is 0 Å². The second kappa shape index (κ2) is 10.5. The van der Waals surface area contributed by atoms with Gasteiger partial charge in [0, 0.05) is 28.7 Å². The quantitative estimate of drug-likeness (QED) is 0.251. The monoisotopic (exact) mass is 572 g/mol. The second-order valence-electron chi connectivity index (χ2n) is 11.6. The Labute approximate surface area is 243 Å². The van der Waals surface area contributed by atoms with Crippen LogP contribution in [0.4, 0.5) is 4.39 Å². The fourth-order valence-corrected chi connectivity index (χ4v) is 6.08. The number of aromatic nitrogens is 2. The fourth-order valence-electron chi connectivity index (χ4n) is 6.08. The molecule has 1 aliphatic heterocycles. The van der Waals surface area contributed by atoms with Gasteiger partial charge in [-0.25, -0.2) is 4.39 Å². The van der Waals surface area contributed by atoms with E-state index in [9.17, 15) is 9.90 Å². The summed E-state index contributed by atoms with van der Waals surface area (Å²) in [4.78, 5) is 16.1. The zero-order valence-corrected chi connectivity index (χ0v) is 24.3. The molecule has 4 aromatic rings. The highest BCUT2D eigenvalue weighted by Crippen LogP contribution is 2.45. The number of aryl methyl sites for hydroxylation is 2. The normalized spacial score (nSPS) is 17.5. The number of esters is 1. The number of carbonyl (C=O) groups excluding carboxylic acids is 1. The van der Waals surface area contributed by atoms with E-state index in [4.69, 9.17) is 18.7 Å². The summed E-state index contributed by atoms with van der Waals surface area (Å²) >= 11 is 0. The van der Waals surface area contributed by atoms with Gasteiger partial charge in [0.25, 0.3) is 5.89 Å². The number of carbonyl (C=O) groups is 1. The van der Waals surface area contributed by atoms with Crippen LogP contribution >= 0.6 is 0 Å². The van der Waals surface area contributed by atoms with E-state index < -0.39 is 11.7 Å². The van der Waals surface area contributed by atoms with Gasteiger partial charge >= 0.3 is 5.97 Å². The Hall–Kier alpha value is -4.24. The van der Waals surface area contributed by atoms with E-state index in [0.717, 1.165) is 38.9 Å². The average molecular weight is 573 g/mol. The first-order valence-corrected chi connectivity index (χ1v) is 14.0. The molecule has 0 bridgehead atoms. The van der Waals surface area contributed by atoms with Gasteiger partial charge < -0.3 is 23.8 Å². The topological polar surface area (TPSA) is 104 Å². The summed E-state index contributed by atoms with van der Waals surface area (Å²) in [6.07, 6.45) is 1.13. The SMILES string of the molecule is COC(=O)C[C@@H]1COc2cc(O[C@@H]3CCc4c(-c5c(C)cc(-c6noc(C(C)(C)O)n6)cc5C)ccc(F)c43)ccc21. The lowest BCUT2D eigenvalue weighted by molar-refractivity contribution is -0.141. The molecule has 0 radical (unpaired) electrons. The fraction of sp³-hybridized carbons (Fsp3) is 0.364. The maximum absolute atomic E-state index is 15.4. The first-order valence-electron chi connectivity index (χ1n) is 14.0. The Morgan fingerprint density at radius 2 is 1.90 bits per heavy atom. The number of hydrogen-bond acceptors (Lipinski definition) is 8. The number of aliphatic hydroxyl groups is 1. The van der Waals surface area contributed by atoms with Gasteiger partial charge in [0.05, 0.1) is 20.1 Å². The highest BCUT2D eigenvalue weighted by atomic mass is 19.1. The van der Waals surface area contributed by atoms with E-state index in [1.807, 2.05) is 50.2 Å². The van der Waals surface area contributed by atoms with E-state index in [1.165, 1.54) is 13.2 Å². The van der Waals surface area contributed by atoms with Crippen LogP contribution in [0.3, 0.4) is 0 Å². The zero-order chi connectivity index (χ0) is 29.8. The zero-order valence-electron chi connectivity index (χ0n) is 24.3. The maximum atomic E-state index is 15.4. The lowest BCUT2D eigenvalue weighted by Gasteiger charge is -2.19. The van der Waals surface area contributed by atoms with E-state index >= 15 is 4.39 Å². The van der Waals surface area contributed by atoms with Crippen LogP contribution in [0.5, 0.6) is 11.5 Å². The highest BCUT2D eigenvalue weighted by molar-refractivity contribution is 5.78. The third-order valence-corrected chi connectivity index (χ3v) is 8.08. The molecule has 218 valence electrons. The van der Waals surface area contributed by atoms with Crippen LogP contribution in [0.2, 0.25) is 0 Å². The number of fused-ring (bicyclic) bond motifs is 2. The van der Waals surface area contributed by atoms with Crippen molar-refractivity contribution < 1.29 is 33.0 Å². The smallest absolute Gasteiger partial charge is 0.306 e. The molecule has 6 rings (SSSR count). The van der Waals surface area contributed by atoms with Gasteiger partial charge in [-0.1, -0.05) is 17.3 Å². The summed E-state index contributed by atoms with van der Waals surface area (Å²) in [5.74, 6) is 1.20. The van der Waals surface area contributed by atoms with Crippen molar-refractivity contribution in [1.29, 1.82) is 0 Å². The highest BCUT2D eigenvalue weighted by Gasteiger charge is 2.32. The molecule has 3 aromatic carbocycles. The molecule has 0 fully saturated rings. The van der Waals surface area contributed by atoms with Crippen LogP contribution in [0.25, 0.3) is 22.5 Å². The average Bonchev–Trinajstić information content (AvgIpc) is 3.69. The molecule has 2 heterocycles. The van der Waals surface area contributed by atoms with Crippen molar-refractivity contribution in [2.45, 2.75) is 64.6 Å². The van der Waals surface area contributed by atoms with Crippen LogP contribution in [-0.4, -0.2) is 34.9 Å². The van der Waals surface area contributed by atoms with Crippen molar-refractivity contribution in [1.82, 2.24) is 10.1 Å². The first kappa shape index (κ1) is 27.9. The minimum atomic E-state index is -1.23. The van der Waals surface area contributed by atoms with Gasteiger partial charge in [-0.05, 0) is 92.6 Å². The number of hydrogen-bond donors (Lipinski definition) is 1. The van der Waals surface area contributed by atoms with E-state index in [2.05, 4.69) is 10.1 Å². The van der Waals surface area contributed by atoms with Crippen molar-refractivity contribution in [3.05, 3.63) is 82.0 Å². The van der Waals surface area contributed by atoms with Gasteiger partial charge in [0.2, 0.25) is 5.82 Å². The number of rotatable bonds is 7. The molecular formula is C33H33FN2O6. The van der Waals surface area contributed by atoms with Crippen LogP contribution in [0.15, 0.2) is 47.0 Å². The summed E-state index contributed by atoms with van der Waals surface area (Å²) in [6.45, 7) is 7.62. The van der Waals surface area contributed by atoms with Gasteiger partial charge in [0.1, 0.15) is 29.0 Å². The maximum Gasteiger partial charge on any atom is 0.306 e. The molecule has 1 aliphatic carbocycles. The van der Waals surface area contributed by atoms with Crippen molar-refractivity contribution >= 4 is 5.97 Å². The molecule has 42 heavy (non-hydrogen) atoms. The van der Waals surface area contributed by atoms with E-state index in [1.54, 1.807) is 13.8 Å². The molecule has 9 heteroatoms. The molecule has 1 N–H and O–H groups in total. The molecule has 0 amide bonds. The standard InChI is InChI=1S/C33H33FN2O6/c1-17-12-19(31-35-32(42-36-31)33(3,4)38)13-18(2)29(17)23-8-10-25(34)30-24(23)9-11-26(30)41-21-6-7-22-20(14-28(37)39-5)16-40-27(22)15-21/h6-8,10,12-13,15,20,26,38H,9,11,14,16H2,1-5H3/t20-,26-/m1/s1. The molecule has 1 aromatic heterocycles. The summed E-state index contributed by atoms with van der Waals surface area (Å²) in [5, 5.41) is 14.3. The lowest BCUT2D eigenvalue weighted by Crippen LogP contribution is -2.15. The Kier molecular flexibility index (Phi) is 7.01. The molecule has 0 unspecified atom stereocenters. The van der Waals surface area contributed by atoms with Crippen LogP contribution in [-0.2, 0) is 21.6 Å². The van der Waals surface area contributed by atoms with Gasteiger partial charge in [-0.15, -0.1) is 0 Å². The molecule has 8 nitrogen and oxygen atoms in total. The minimum absolute atomic E-state index is 0.0600. The largest absolute Gasteiger partial charge is 0.492 e. The van der Waals surface area contributed by atoms with Crippen LogP contribution in [0.1, 0.15) is 72.4 Å². The Balaban J connectivity index is 1.28. The summed E-state index contributed by atoms with van der Waals surface area (Å²) < 4.78 is 37.6. The summed E-state index contributed by atoms with van der Waals surface area (Å²) in [7, 11) is 1.38. The number of methoxy groups -OCH3 is 1. The molecule has 0 saturated heterocycles. The lowest BCUT2D eigenvalue weighted by atomic mass is 9.89. The van der Waals surface area contributed by atoms with Crippen LogP contribution in [0, 0.1) is 19.7 Å². The van der Waals surface area contributed by atoms with Gasteiger partial charge in [0.15, 0.2) is 0 Å². The second-order valence-corrected chi connectivity index (χ2v) is 11.6. The number of ether oxygens (including phenoxy) is 3. The Bertz CT molecular complexity index is 1670. The Morgan fingerprint density at radius 3 is 2.60 bits per heavy atom. The molecule has 2 atom stereocenters. The minimum Gasteiger partial charge on any atom is -0.492 e. The van der Waals surface area contributed by atoms with Crippen molar-refractivity contribution in [3.8, 4) is 34.0 Å². The molecule has 0 spiro atoms. The number of halogens is 1. The summed E-state index contributed by atoms with van der Waals surface area (Å²) in [6, 6.07) is 12.9. The number of nitrogens with zero attached hydrogens (tertiary/aromatic N) is 2. The molecule has 2 aliphatic rings. The molecule has 0 saturated carbocycles.